The fraction of sp³-hybridized carbons (Fsp3) is 0.269. The highest BCUT2D eigenvalue weighted by Crippen LogP contribution is 2.22. The van der Waals surface area contributed by atoms with Crippen LogP contribution in [0.4, 0.5) is 16.0 Å². The Labute approximate surface area is 197 Å². The van der Waals surface area contributed by atoms with E-state index >= 15 is 0 Å². The minimum atomic E-state index is -0.282. The lowest BCUT2D eigenvalue weighted by atomic mass is 9.97. The highest BCUT2D eigenvalue weighted by molar-refractivity contribution is 5.94. The van der Waals surface area contributed by atoms with Gasteiger partial charge in [0.1, 0.15) is 5.82 Å². The number of carbonyl (C=O) groups excluding carboxylic acids is 1. The van der Waals surface area contributed by atoms with E-state index in [2.05, 4.69) is 32.7 Å². The smallest absolute Gasteiger partial charge is 0.251 e. The van der Waals surface area contributed by atoms with Crippen LogP contribution in [0.1, 0.15) is 23.2 Å². The normalized spacial score (nSPS) is 14.9. The van der Waals surface area contributed by atoms with Crippen molar-refractivity contribution in [1.29, 1.82) is 0 Å². The first-order valence-electron chi connectivity index (χ1n) is 11.5. The second kappa shape index (κ2) is 9.61. The van der Waals surface area contributed by atoms with E-state index in [1.54, 1.807) is 28.8 Å². The van der Waals surface area contributed by atoms with Gasteiger partial charge in [0.2, 0.25) is 5.95 Å². The monoisotopic (exact) mass is 458 g/mol. The highest BCUT2D eigenvalue weighted by Gasteiger charge is 2.17. The number of likely N-dealkylation sites (tertiary alicyclic amines) is 1. The largest absolute Gasteiger partial charge is 0.352 e. The van der Waals surface area contributed by atoms with Gasteiger partial charge < -0.3 is 15.5 Å². The van der Waals surface area contributed by atoms with Gasteiger partial charge in [0.25, 0.3) is 5.91 Å². The molecule has 0 saturated carbocycles. The number of amides is 1. The summed E-state index contributed by atoms with van der Waals surface area (Å²) in [7, 11) is 2.14. The van der Waals surface area contributed by atoms with E-state index in [0.717, 1.165) is 42.9 Å². The second-order valence-corrected chi connectivity index (χ2v) is 8.78. The SMILES string of the molecule is CN1CCC(CNC(=O)c2ccc(Nc3nc4cccc(-c5ccc(F)cc5)n4n3)cc2)CC1. The number of nitrogens with one attached hydrogen (secondary N) is 2. The summed E-state index contributed by atoms with van der Waals surface area (Å²) in [6, 6.07) is 19.2. The van der Waals surface area contributed by atoms with Crippen molar-refractivity contribution in [2.24, 2.45) is 5.92 Å². The van der Waals surface area contributed by atoms with Gasteiger partial charge in [0.15, 0.2) is 5.65 Å². The highest BCUT2D eigenvalue weighted by atomic mass is 19.1. The number of halogens is 1. The first-order chi connectivity index (χ1) is 16.5. The molecule has 2 aromatic heterocycles. The number of anilines is 2. The average molecular weight is 459 g/mol. The van der Waals surface area contributed by atoms with E-state index < -0.39 is 0 Å². The number of hydrogen-bond donors (Lipinski definition) is 2. The molecule has 5 rings (SSSR count). The Morgan fingerprint density at radius 3 is 2.50 bits per heavy atom. The van der Waals surface area contributed by atoms with Crippen molar-refractivity contribution in [3.8, 4) is 11.3 Å². The number of carbonyl (C=O) groups is 1. The zero-order valence-corrected chi connectivity index (χ0v) is 19.0. The molecular weight excluding hydrogens is 431 g/mol. The van der Waals surface area contributed by atoms with E-state index in [9.17, 15) is 9.18 Å². The van der Waals surface area contributed by atoms with Crippen LogP contribution in [0, 0.1) is 11.7 Å². The lowest BCUT2D eigenvalue weighted by molar-refractivity contribution is 0.0939. The van der Waals surface area contributed by atoms with Crippen LogP contribution < -0.4 is 10.6 Å². The van der Waals surface area contributed by atoms with Crippen molar-refractivity contribution < 1.29 is 9.18 Å². The van der Waals surface area contributed by atoms with Crippen LogP contribution in [0.5, 0.6) is 0 Å². The maximum atomic E-state index is 13.3. The Morgan fingerprint density at radius 2 is 1.76 bits per heavy atom. The number of hydrogen-bond acceptors (Lipinski definition) is 5. The molecule has 1 aliphatic rings. The molecule has 0 bridgehead atoms. The Balaban J connectivity index is 1.25. The predicted molar refractivity (Wildman–Crippen MR) is 131 cm³/mol. The van der Waals surface area contributed by atoms with Crippen LogP contribution in [0.25, 0.3) is 16.9 Å². The molecule has 2 aromatic carbocycles. The summed E-state index contributed by atoms with van der Waals surface area (Å²) in [5.74, 6) is 0.645. The fourth-order valence-corrected chi connectivity index (χ4v) is 4.24. The Bertz CT molecular complexity index is 1280. The molecule has 2 N–H and O–H groups in total. The predicted octanol–water partition coefficient (Wildman–Crippen LogP) is 4.35. The third-order valence-electron chi connectivity index (χ3n) is 6.29. The van der Waals surface area contributed by atoms with Gasteiger partial charge in [0, 0.05) is 23.4 Å². The molecule has 1 amide bonds. The van der Waals surface area contributed by atoms with Gasteiger partial charge in [-0.25, -0.2) is 8.91 Å². The van der Waals surface area contributed by atoms with E-state index in [1.165, 1.54) is 12.1 Å². The molecule has 1 aliphatic heterocycles. The van der Waals surface area contributed by atoms with Gasteiger partial charge in [0.05, 0.1) is 5.69 Å². The summed E-state index contributed by atoms with van der Waals surface area (Å²) in [6.07, 6.45) is 2.24. The standard InChI is InChI=1S/C26H27FN6O/c1-32-15-13-18(14-16-32)17-28-25(34)20-7-11-22(12-8-20)29-26-30-24-4-2-3-23(33(24)31-26)19-5-9-21(27)10-6-19/h2-12,18H,13-17H2,1H3,(H,28,34)(H,29,31). The Kier molecular flexibility index (Phi) is 6.22. The summed E-state index contributed by atoms with van der Waals surface area (Å²) in [4.78, 5) is 19.4. The lowest BCUT2D eigenvalue weighted by Crippen LogP contribution is -2.36. The van der Waals surface area contributed by atoms with Crippen LogP contribution in [0.2, 0.25) is 0 Å². The number of pyridine rings is 1. The molecule has 4 aromatic rings. The molecule has 3 heterocycles. The van der Waals surface area contributed by atoms with Crippen molar-refractivity contribution in [2.75, 3.05) is 32.0 Å². The van der Waals surface area contributed by atoms with E-state index in [-0.39, 0.29) is 11.7 Å². The zero-order valence-electron chi connectivity index (χ0n) is 19.0. The molecule has 0 spiro atoms. The topological polar surface area (TPSA) is 74.6 Å². The number of rotatable bonds is 6. The Morgan fingerprint density at radius 1 is 1.03 bits per heavy atom. The van der Waals surface area contributed by atoms with Crippen molar-refractivity contribution in [1.82, 2.24) is 24.8 Å². The molecule has 0 radical (unpaired) electrons. The lowest BCUT2D eigenvalue weighted by Gasteiger charge is -2.28. The van der Waals surface area contributed by atoms with Gasteiger partial charge in [-0.15, -0.1) is 5.10 Å². The second-order valence-electron chi connectivity index (χ2n) is 8.78. The number of nitrogens with zero attached hydrogens (tertiary/aromatic N) is 4. The molecular formula is C26H27FN6O. The zero-order chi connectivity index (χ0) is 23.5. The molecule has 34 heavy (non-hydrogen) atoms. The fourth-order valence-electron chi connectivity index (χ4n) is 4.24. The van der Waals surface area contributed by atoms with Gasteiger partial charge in [-0.3, -0.25) is 4.79 Å². The minimum Gasteiger partial charge on any atom is -0.352 e. The number of fused-ring (bicyclic) bond motifs is 1. The number of piperidine rings is 1. The van der Waals surface area contributed by atoms with Crippen LogP contribution in [0.15, 0.2) is 66.7 Å². The van der Waals surface area contributed by atoms with Crippen molar-refractivity contribution >= 4 is 23.2 Å². The van der Waals surface area contributed by atoms with Crippen LogP contribution in [0.3, 0.4) is 0 Å². The van der Waals surface area contributed by atoms with Gasteiger partial charge >= 0.3 is 0 Å². The first-order valence-corrected chi connectivity index (χ1v) is 11.5. The molecule has 0 atom stereocenters. The van der Waals surface area contributed by atoms with Crippen molar-refractivity contribution in [3.63, 3.8) is 0 Å². The van der Waals surface area contributed by atoms with Crippen molar-refractivity contribution in [2.45, 2.75) is 12.8 Å². The van der Waals surface area contributed by atoms with E-state index in [4.69, 9.17) is 0 Å². The number of aromatic nitrogens is 3. The van der Waals surface area contributed by atoms with Crippen LogP contribution in [-0.2, 0) is 0 Å². The maximum absolute atomic E-state index is 13.3. The molecule has 1 saturated heterocycles. The minimum absolute atomic E-state index is 0.0553. The third kappa shape index (κ3) is 4.92. The average Bonchev–Trinajstić information content (AvgIpc) is 3.27. The van der Waals surface area contributed by atoms with Gasteiger partial charge in [-0.2, -0.15) is 4.98 Å². The van der Waals surface area contributed by atoms with Gasteiger partial charge in [-0.05, 0) is 99.6 Å². The van der Waals surface area contributed by atoms with E-state index in [0.29, 0.717) is 29.6 Å². The summed E-state index contributed by atoms with van der Waals surface area (Å²) >= 11 is 0. The van der Waals surface area contributed by atoms with Crippen molar-refractivity contribution in [3.05, 3.63) is 78.1 Å². The Hall–Kier alpha value is -3.78. The van der Waals surface area contributed by atoms with Crippen LogP contribution in [-0.4, -0.2) is 52.1 Å². The van der Waals surface area contributed by atoms with Crippen LogP contribution >= 0.6 is 0 Å². The summed E-state index contributed by atoms with van der Waals surface area (Å²) in [5, 5.41) is 10.8. The third-order valence-corrected chi connectivity index (χ3v) is 6.29. The molecule has 0 aliphatic carbocycles. The van der Waals surface area contributed by atoms with Gasteiger partial charge in [-0.1, -0.05) is 6.07 Å². The summed E-state index contributed by atoms with van der Waals surface area (Å²) in [5.41, 5.74) is 3.74. The first kappa shape index (κ1) is 22.0. The maximum Gasteiger partial charge on any atom is 0.251 e. The molecule has 7 nitrogen and oxygen atoms in total. The summed E-state index contributed by atoms with van der Waals surface area (Å²) < 4.78 is 15.0. The molecule has 8 heteroatoms. The summed E-state index contributed by atoms with van der Waals surface area (Å²) in [6.45, 7) is 2.89. The molecule has 1 fully saturated rings. The number of benzene rings is 2. The quantitative estimate of drug-likeness (QED) is 0.449. The van der Waals surface area contributed by atoms with E-state index in [1.807, 2.05) is 30.3 Å². The molecule has 174 valence electrons. The molecule has 0 unspecified atom stereocenters.